The second-order valence-corrected chi connectivity index (χ2v) is 6.52. The van der Waals surface area contributed by atoms with Crippen LogP contribution in [-0.2, 0) is 4.79 Å². The SMILES string of the molecule is O=C(CCOc1ccccc1)Nc1ccc(Nc2ccc3c(c2)OCCO3)cc1. The van der Waals surface area contributed by atoms with E-state index in [1.807, 2.05) is 72.8 Å². The van der Waals surface area contributed by atoms with Crippen molar-refractivity contribution >= 4 is 23.0 Å². The lowest BCUT2D eigenvalue weighted by molar-refractivity contribution is -0.116. The Labute approximate surface area is 169 Å². The maximum atomic E-state index is 12.1. The summed E-state index contributed by atoms with van der Waals surface area (Å²) in [6, 6.07) is 22.7. The maximum absolute atomic E-state index is 12.1. The zero-order valence-electron chi connectivity index (χ0n) is 15.9. The molecule has 6 nitrogen and oxygen atoms in total. The molecule has 0 saturated heterocycles. The first-order valence-corrected chi connectivity index (χ1v) is 9.51. The number of hydrogen-bond acceptors (Lipinski definition) is 5. The fraction of sp³-hybridized carbons (Fsp3) is 0.174. The van der Waals surface area contributed by atoms with Crippen molar-refractivity contribution in [3.8, 4) is 17.2 Å². The van der Waals surface area contributed by atoms with Crippen LogP contribution in [0.5, 0.6) is 17.2 Å². The van der Waals surface area contributed by atoms with Crippen LogP contribution in [0, 0.1) is 0 Å². The van der Waals surface area contributed by atoms with Crippen molar-refractivity contribution in [3.63, 3.8) is 0 Å². The molecule has 0 saturated carbocycles. The van der Waals surface area contributed by atoms with Crippen LogP contribution in [0.1, 0.15) is 6.42 Å². The minimum Gasteiger partial charge on any atom is -0.493 e. The normalized spacial score (nSPS) is 12.1. The Bertz CT molecular complexity index is 958. The number of ether oxygens (including phenoxy) is 3. The van der Waals surface area contributed by atoms with Gasteiger partial charge in [-0.1, -0.05) is 18.2 Å². The molecule has 0 aromatic heterocycles. The standard InChI is InChI=1S/C23H22N2O4/c26-23(12-13-27-20-4-2-1-3-5-20)25-18-8-6-17(7-9-18)24-19-10-11-21-22(16-19)29-15-14-28-21/h1-11,16,24H,12-15H2,(H,25,26). The molecule has 0 unspecified atom stereocenters. The minimum absolute atomic E-state index is 0.0894. The minimum atomic E-state index is -0.0894. The fourth-order valence-corrected chi connectivity index (χ4v) is 2.93. The zero-order chi connectivity index (χ0) is 19.9. The van der Waals surface area contributed by atoms with Gasteiger partial charge in [0.05, 0.1) is 13.0 Å². The number of para-hydroxylation sites is 1. The average molecular weight is 390 g/mol. The van der Waals surface area contributed by atoms with Crippen LogP contribution < -0.4 is 24.8 Å². The van der Waals surface area contributed by atoms with E-state index in [1.54, 1.807) is 0 Å². The molecule has 0 aliphatic carbocycles. The Morgan fingerprint density at radius 3 is 2.31 bits per heavy atom. The van der Waals surface area contributed by atoms with Gasteiger partial charge in [0.25, 0.3) is 0 Å². The topological polar surface area (TPSA) is 68.8 Å². The van der Waals surface area contributed by atoms with Gasteiger partial charge < -0.3 is 24.8 Å². The molecule has 0 radical (unpaired) electrons. The molecule has 4 rings (SSSR count). The van der Waals surface area contributed by atoms with E-state index >= 15 is 0 Å². The Balaban J connectivity index is 1.27. The van der Waals surface area contributed by atoms with Crippen molar-refractivity contribution in [1.82, 2.24) is 0 Å². The summed E-state index contributed by atoms with van der Waals surface area (Å²) in [5.41, 5.74) is 2.55. The Kier molecular flexibility index (Phi) is 5.81. The summed E-state index contributed by atoms with van der Waals surface area (Å²) in [5.74, 6) is 2.17. The third-order valence-corrected chi connectivity index (χ3v) is 4.34. The van der Waals surface area contributed by atoms with Crippen molar-refractivity contribution in [3.05, 3.63) is 72.8 Å². The lowest BCUT2D eigenvalue weighted by Gasteiger charge is -2.19. The van der Waals surface area contributed by atoms with Crippen LogP contribution in [0.3, 0.4) is 0 Å². The molecule has 1 heterocycles. The molecule has 2 N–H and O–H groups in total. The lowest BCUT2D eigenvalue weighted by Crippen LogP contribution is -2.15. The lowest BCUT2D eigenvalue weighted by atomic mass is 10.2. The van der Waals surface area contributed by atoms with Crippen LogP contribution in [0.2, 0.25) is 0 Å². The van der Waals surface area contributed by atoms with Gasteiger partial charge in [0.15, 0.2) is 11.5 Å². The number of nitrogens with one attached hydrogen (secondary N) is 2. The van der Waals surface area contributed by atoms with Gasteiger partial charge in [-0.2, -0.15) is 0 Å². The van der Waals surface area contributed by atoms with E-state index in [2.05, 4.69) is 10.6 Å². The molecule has 3 aromatic rings. The second-order valence-electron chi connectivity index (χ2n) is 6.52. The molecule has 1 aliphatic heterocycles. The van der Waals surface area contributed by atoms with Gasteiger partial charge in [0.1, 0.15) is 19.0 Å². The molecule has 0 spiro atoms. The second kappa shape index (κ2) is 9.01. The van der Waals surface area contributed by atoms with Crippen LogP contribution in [0.25, 0.3) is 0 Å². The van der Waals surface area contributed by atoms with Crippen LogP contribution in [-0.4, -0.2) is 25.7 Å². The predicted molar refractivity (Wildman–Crippen MR) is 112 cm³/mol. The largest absolute Gasteiger partial charge is 0.493 e. The summed E-state index contributed by atoms with van der Waals surface area (Å²) in [7, 11) is 0. The third-order valence-electron chi connectivity index (χ3n) is 4.34. The zero-order valence-corrected chi connectivity index (χ0v) is 15.9. The summed E-state index contributed by atoms with van der Waals surface area (Å²) in [6.07, 6.45) is 0.284. The quantitative estimate of drug-likeness (QED) is 0.617. The third kappa shape index (κ3) is 5.19. The highest BCUT2D eigenvalue weighted by Crippen LogP contribution is 2.33. The Morgan fingerprint density at radius 1 is 0.828 bits per heavy atom. The van der Waals surface area contributed by atoms with E-state index in [0.29, 0.717) is 19.8 Å². The molecule has 1 aliphatic rings. The fourth-order valence-electron chi connectivity index (χ4n) is 2.93. The predicted octanol–water partition coefficient (Wildman–Crippen LogP) is 4.61. The maximum Gasteiger partial charge on any atom is 0.227 e. The molecule has 1 amide bonds. The van der Waals surface area contributed by atoms with Gasteiger partial charge in [-0.15, -0.1) is 0 Å². The Morgan fingerprint density at radius 2 is 1.52 bits per heavy atom. The number of amides is 1. The van der Waals surface area contributed by atoms with Crippen LogP contribution in [0.4, 0.5) is 17.1 Å². The molecule has 0 bridgehead atoms. The van der Waals surface area contributed by atoms with Crippen molar-refractivity contribution in [2.45, 2.75) is 6.42 Å². The van der Waals surface area contributed by atoms with E-state index in [1.165, 1.54) is 0 Å². The summed E-state index contributed by atoms with van der Waals surface area (Å²) in [5, 5.41) is 6.20. The number of anilines is 3. The van der Waals surface area contributed by atoms with Gasteiger partial charge >= 0.3 is 0 Å². The number of fused-ring (bicyclic) bond motifs is 1. The highest BCUT2D eigenvalue weighted by atomic mass is 16.6. The highest BCUT2D eigenvalue weighted by Gasteiger charge is 2.11. The van der Waals surface area contributed by atoms with Crippen LogP contribution >= 0.6 is 0 Å². The summed E-state index contributed by atoms with van der Waals surface area (Å²) in [4.78, 5) is 12.1. The van der Waals surface area contributed by atoms with Gasteiger partial charge in [0.2, 0.25) is 5.91 Å². The summed E-state index contributed by atoms with van der Waals surface area (Å²) < 4.78 is 16.7. The van der Waals surface area contributed by atoms with E-state index in [-0.39, 0.29) is 12.3 Å². The van der Waals surface area contributed by atoms with E-state index < -0.39 is 0 Å². The monoisotopic (exact) mass is 390 g/mol. The first-order chi connectivity index (χ1) is 14.3. The molecule has 3 aromatic carbocycles. The van der Waals surface area contributed by atoms with E-state index in [0.717, 1.165) is 34.3 Å². The highest BCUT2D eigenvalue weighted by molar-refractivity contribution is 5.91. The summed E-state index contributed by atoms with van der Waals surface area (Å²) >= 11 is 0. The van der Waals surface area contributed by atoms with Crippen molar-refractivity contribution in [1.29, 1.82) is 0 Å². The number of hydrogen-bond donors (Lipinski definition) is 2. The van der Waals surface area contributed by atoms with Gasteiger partial charge in [-0.05, 0) is 48.5 Å². The first kappa shape index (κ1) is 18.7. The van der Waals surface area contributed by atoms with Gasteiger partial charge in [-0.25, -0.2) is 0 Å². The molecular weight excluding hydrogens is 368 g/mol. The number of benzene rings is 3. The number of carbonyl (C=O) groups excluding carboxylic acids is 1. The summed E-state index contributed by atoms with van der Waals surface area (Å²) in [6.45, 7) is 1.46. The average Bonchev–Trinajstić information content (AvgIpc) is 2.76. The number of carbonyl (C=O) groups is 1. The molecule has 0 atom stereocenters. The molecule has 148 valence electrons. The molecular formula is C23H22N2O4. The van der Waals surface area contributed by atoms with Gasteiger partial charge in [-0.3, -0.25) is 4.79 Å². The van der Waals surface area contributed by atoms with Gasteiger partial charge in [0, 0.05) is 23.1 Å². The van der Waals surface area contributed by atoms with Crippen molar-refractivity contribution < 1.29 is 19.0 Å². The van der Waals surface area contributed by atoms with E-state index in [4.69, 9.17) is 14.2 Å². The molecule has 0 fully saturated rings. The van der Waals surface area contributed by atoms with Crippen molar-refractivity contribution in [2.24, 2.45) is 0 Å². The van der Waals surface area contributed by atoms with Crippen LogP contribution in [0.15, 0.2) is 72.8 Å². The Hall–Kier alpha value is -3.67. The molecule has 29 heavy (non-hydrogen) atoms. The first-order valence-electron chi connectivity index (χ1n) is 9.51. The van der Waals surface area contributed by atoms with E-state index in [9.17, 15) is 4.79 Å². The smallest absolute Gasteiger partial charge is 0.227 e. The van der Waals surface area contributed by atoms with Crippen molar-refractivity contribution in [2.75, 3.05) is 30.5 Å². The molecule has 6 heteroatoms. The number of rotatable bonds is 7.